The van der Waals surface area contributed by atoms with Gasteiger partial charge in [-0.2, -0.15) is 0 Å². The van der Waals surface area contributed by atoms with Crippen molar-refractivity contribution < 1.29 is 19.1 Å². The van der Waals surface area contributed by atoms with E-state index in [2.05, 4.69) is 22.1 Å². The second-order valence-electron chi connectivity index (χ2n) is 7.89. The number of rotatable bonds is 10. The number of nitrogens with zero attached hydrogens (tertiary/aromatic N) is 3. The van der Waals surface area contributed by atoms with E-state index in [0.717, 1.165) is 35.3 Å². The smallest absolute Gasteiger partial charge is 0.341 e. The van der Waals surface area contributed by atoms with Crippen LogP contribution in [0, 0.1) is 6.92 Å². The number of aromatic nitrogens is 3. The van der Waals surface area contributed by atoms with Crippen LogP contribution in [0.3, 0.4) is 0 Å². The number of hydrogen-bond acceptors (Lipinski definition) is 8. The van der Waals surface area contributed by atoms with Crippen molar-refractivity contribution in [3.63, 3.8) is 0 Å². The zero-order chi connectivity index (χ0) is 24.9. The Bertz CT molecular complexity index is 1270. The number of thioether (sulfide) groups is 1. The van der Waals surface area contributed by atoms with Gasteiger partial charge in [-0.1, -0.05) is 29.4 Å². The number of carbonyl (C=O) groups excluding carboxylic acids is 2. The number of benzene rings is 1. The fourth-order valence-corrected chi connectivity index (χ4v) is 6.15. The molecule has 0 saturated carbocycles. The number of halogens is 1. The van der Waals surface area contributed by atoms with Crippen LogP contribution in [0.1, 0.15) is 38.6 Å². The SMILES string of the molecule is C=CCn1c(COc2ccc(Cl)cc2C)nnc1SCC(=O)Nc1sc2c(c1C(=O)OC)CCC2. The first-order valence-corrected chi connectivity index (χ1v) is 13.2. The minimum atomic E-state index is -0.418. The Morgan fingerprint density at radius 2 is 2.17 bits per heavy atom. The van der Waals surface area contributed by atoms with Crippen LogP contribution in [-0.2, 0) is 35.5 Å². The molecule has 0 aliphatic heterocycles. The Morgan fingerprint density at radius 3 is 2.91 bits per heavy atom. The molecule has 3 aromatic rings. The molecule has 1 aliphatic rings. The molecule has 1 N–H and O–H groups in total. The maximum absolute atomic E-state index is 12.7. The summed E-state index contributed by atoms with van der Waals surface area (Å²) < 4.78 is 12.7. The third kappa shape index (κ3) is 5.71. The van der Waals surface area contributed by atoms with E-state index in [1.54, 1.807) is 12.1 Å². The number of allylic oxidation sites excluding steroid dienone is 1. The lowest BCUT2D eigenvalue weighted by Gasteiger charge is -2.11. The van der Waals surface area contributed by atoms with Gasteiger partial charge in [-0.05, 0) is 55.5 Å². The molecule has 2 heterocycles. The topological polar surface area (TPSA) is 95.3 Å². The maximum Gasteiger partial charge on any atom is 0.341 e. The third-order valence-electron chi connectivity index (χ3n) is 5.50. The van der Waals surface area contributed by atoms with Gasteiger partial charge in [-0.3, -0.25) is 9.36 Å². The van der Waals surface area contributed by atoms with Crippen LogP contribution in [0.25, 0.3) is 0 Å². The van der Waals surface area contributed by atoms with E-state index in [1.165, 1.54) is 30.2 Å². The summed E-state index contributed by atoms with van der Waals surface area (Å²) in [4.78, 5) is 26.2. The van der Waals surface area contributed by atoms with E-state index < -0.39 is 5.97 Å². The van der Waals surface area contributed by atoms with Crippen LogP contribution in [0.4, 0.5) is 5.00 Å². The quantitative estimate of drug-likeness (QED) is 0.221. The van der Waals surface area contributed by atoms with Gasteiger partial charge in [0.15, 0.2) is 11.0 Å². The Balaban J connectivity index is 1.42. The highest BCUT2D eigenvalue weighted by molar-refractivity contribution is 7.99. The predicted molar refractivity (Wildman–Crippen MR) is 138 cm³/mol. The van der Waals surface area contributed by atoms with Crippen LogP contribution >= 0.6 is 34.7 Å². The molecule has 184 valence electrons. The Morgan fingerprint density at radius 1 is 1.34 bits per heavy atom. The molecule has 35 heavy (non-hydrogen) atoms. The summed E-state index contributed by atoms with van der Waals surface area (Å²) in [5.41, 5.74) is 2.40. The molecule has 8 nitrogen and oxygen atoms in total. The summed E-state index contributed by atoms with van der Waals surface area (Å²) in [7, 11) is 1.35. The number of carbonyl (C=O) groups is 2. The van der Waals surface area contributed by atoms with Gasteiger partial charge >= 0.3 is 5.97 Å². The van der Waals surface area contributed by atoms with Crippen LogP contribution in [0.15, 0.2) is 36.0 Å². The standard InChI is InChI=1S/C24H25ClN4O4S2/c1-4-10-29-19(12-33-17-9-8-15(25)11-14(17)2)27-28-24(29)34-13-20(30)26-22-21(23(31)32-3)16-6-5-7-18(16)35-22/h4,8-9,11H,1,5-7,10,12-13H2,2-3H3,(H,26,30). The van der Waals surface area contributed by atoms with Crippen molar-refractivity contribution in [1.29, 1.82) is 0 Å². The molecular formula is C24H25ClN4O4S2. The van der Waals surface area contributed by atoms with E-state index in [1.807, 2.05) is 23.6 Å². The number of esters is 1. The molecular weight excluding hydrogens is 508 g/mol. The highest BCUT2D eigenvalue weighted by Gasteiger charge is 2.28. The van der Waals surface area contributed by atoms with E-state index in [-0.39, 0.29) is 18.3 Å². The number of methoxy groups -OCH3 is 1. The number of hydrogen-bond donors (Lipinski definition) is 1. The van der Waals surface area contributed by atoms with Crippen molar-refractivity contribution in [2.75, 3.05) is 18.2 Å². The number of thiophene rings is 1. The van der Waals surface area contributed by atoms with Gasteiger partial charge in [0.25, 0.3) is 0 Å². The second kappa shape index (κ2) is 11.3. The summed E-state index contributed by atoms with van der Waals surface area (Å²) in [5, 5.41) is 13.1. The van der Waals surface area contributed by atoms with Crippen LogP contribution in [-0.4, -0.2) is 39.5 Å². The number of ether oxygens (including phenoxy) is 2. The van der Waals surface area contributed by atoms with Crippen LogP contribution < -0.4 is 10.1 Å². The maximum atomic E-state index is 12.7. The monoisotopic (exact) mass is 532 g/mol. The molecule has 0 spiro atoms. The van der Waals surface area contributed by atoms with Gasteiger partial charge in [0.1, 0.15) is 17.4 Å². The molecule has 2 aromatic heterocycles. The summed E-state index contributed by atoms with van der Waals surface area (Å²) in [5.74, 6) is 0.780. The van der Waals surface area contributed by atoms with Gasteiger partial charge < -0.3 is 14.8 Å². The summed E-state index contributed by atoms with van der Waals surface area (Å²) in [6, 6.07) is 5.42. The number of nitrogens with one attached hydrogen (secondary N) is 1. The molecule has 0 bridgehead atoms. The normalized spacial score (nSPS) is 12.3. The van der Waals surface area contributed by atoms with Gasteiger partial charge in [0, 0.05) is 16.4 Å². The zero-order valence-electron chi connectivity index (χ0n) is 19.4. The largest absolute Gasteiger partial charge is 0.485 e. The lowest BCUT2D eigenvalue weighted by atomic mass is 10.1. The van der Waals surface area contributed by atoms with Crippen molar-refractivity contribution in [2.45, 2.75) is 44.5 Å². The minimum Gasteiger partial charge on any atom is -0.485 e. The van der Waals surface area contributed by atoms with E-state index >= 15 is 0 Å². The molecule has 0 saturated heterocycles. The van der Waals surface area contributed by atoms with Gasteiger partial charge in [0.05, 0.1) is 18.4 Å². The van der Waals surface area contributed by atoms with E-state index in [4.69, 9.17) is 21.1 Å². The van der Waals surface area contributed by atoms with E-state index in [0.29, 0.717) is 38.9 Å². The zero-order valence-corrected chi connectivity index (χ0v) is 21.8. The fourth-order valence-electron chi connectivity index (χ4n) is 3.87. The van der Waals surface area contributed by atoms with Crippen molar-refractivity contribution in [1.82, 2.24) is 14.8 Å². The van der Waals surface area contributed by atoms with Gasteiger partial charge in [0.2, 0.25) is 5.91 Å². The van der Waals surface area contributed by atoms with Gasteiger partial charge in [-0.25, -0.2) is 4.79 Å². The summed E-state index contributed by atoms with van der Waals surface area (Å²) in [6.45, 7) is 6.41. The number of fused-ring (bicyclic) bond motifs is 1. The highest BCUT2D eigenvalue weighted by atomic mass is 35.5. The number of amides is 1. The first-order chi connectivity index (χ1) is 16.9. The minimum absolute atomic E-state index is 0.107. The van der Waals surface area contributed by atoms with Crippen LogP contribution in [0.2, 0.25) is 5.02 Å². The Hall–Kier alpha value is -2.82. The fraction of sp³-hybridized carbons (Fsp3) is 0.333. The number of aryl methyl sites for hydroxylation is 2. The van der Waals surface area contributed by atoms with Crippen LogP contribution in [0.5, 0.6) is 5.75 Å². The molecule has 0 unspecified atom stereocenters. The van der Waals surface area contributed by atoms with Gasteiger partial charge in [-0.15, -0.1) is 28.1 Å². The molecule has 1 amide bonds. The lowest BCUT2D eigenvalue weighted by molar-refractivity contribution is -0.113. The number of anilines is 1. The van der Waals surface area contributed by atoms with Crippen molar-refractivity contribution in [3.05, 3.63) is 63.3 Å². The average molecular weight is 533 g/mol. The molecule has 0 fully saturated rings. The predicted octanol–water partition coefficient (Wildman–Crippen LogP) is 5.07. The van der Waals surface area contributed by atoms with Crippen molar-refractivity contribution >= 4 is 51.6 Å². The molecule has 1 aromatic carbocycles. The molecule has 0 radical (unpaired) electrons. The lowest BCUT2D eigenvalue weighted by Crippen LogP contribution is -2.17. The second-order valence-corrected chi connectivity index (χ2v) is 10.4. The molecule has 1 aliphatic carbocycles. The third-order valence-corrected chi connectivity index (χ3v) is 7.90. The average Bonchev–Trinajstić information content (AvgIpc) is 3.52. The Kier molecular flexibility index (Phi) is 8.15. The molecule has 0 atom stereocenters. The summed E-state index contributed by atoms with van der Waals surface area (Å²) in [6.07, 6.45) is 4.49. The molecule has 4 rings (SSSR count). The van der Waals surface area contributed by atoms with Crippen molar-refractivity contribution in [3.8, 4) is 5.75 Å². The summed E-state index contributed by atoms with van der Waals surface area (Å²) >= 11 is 8.72. The Labute approximate surface area is 216 Å². The first-order valence-electron chi connectivity index (χ1n) is 11.0. The highest BCUT2D eigenvalue weighted by Crippen LogP contribution is 2.39. The first kappa shape index (κ1) is 25.3. The molecule has 11 heteroatoms. The van der Waals surface area contributed by atoms with E-state index in [9.17, 15) is 9.59 Å². The van der Waals surface area contributed by atoms with Crippen molar-refractivity contribution in [2.24, 2.45) is 0 Å².